The van der Waals surface area contributed by atoms with Crippen molar-refractivity contribution in [3.05, 3.63) is 28.5 Å². The van der Waals surface area contributed by atoms with Crippen LogP contribution in [0.3, 0.4) is 0 Å². The normalized spacial score (nSPS) is 38.3. The van der Waals surface area contributed by atoms with Crippen molar-refractivity contribution in [2.75, 3.05) is 13.2 Å². The number of ether oxygens (including phenoxy) is 3. The molecule has 3 fully saturated rings. The molecule has 3 N–H and O–H groups in total. The van der Waals surface area contributed by atoms with Crippen molar-refractivity contribution in [2.24, 2.45) is 29.1 Å². The number of esters is 2. The fourth-order valence-electron chi connectivity index (χ4n) is 10.9. The Morgan fingerprint density at radius 1 is 0.981 bits per heavy atom. The van der Waals surface area contributed by atoms with Crippen LogP contribution in [-0.2, 0) is 28.6 Å². The predicted molar refractivity (Wildman–Crippen MR) is 200 cm³/mol. The first-order valence-electron chi connectivity index (χ1n) is 20.3. The van der Waals surface area contributed by atoms with E-state index >= 15 is 0 Å². The maximum absolute atomic E-state index is 13.9. The van der Waals surface area contributed by atoms with E-state index < -0.39 is 87.6 Å². The average Bonchev–Trinajstić information content (AvgIpc) is 3.39. The van der Waals surface area contributed by atoms with Crippen LogP contribution in [-0.4, -0.2) is 85.5 Å². The number of aliphatic hydroxyl groups excluding tert-OH is 1. The lowest BCUT2D eigenvalue weighted by Crippen LogP contribution is -2.66. The lowest BCUT2D eigenvalue weighted by atomic mass is 9.59. The van der Waals surface area contributed by atoms with E-state index in [4.69, 9.17) is 14.2 Å². The Hall–Kier alpha value is -2.15. The number of aliphatic hydroxyl groups is 3. The van der Waals surface area contributed by atoms with Crippen LogP contribution in [0.2, 0.25) is 0 Å². The molecule has 1 unspecified atom stereocenters. The van der Waals surface area contributed by atoms with Gasteiger partial charge in [-0.15, -0.1) is 0 Å². The molecule has 5 aliphatic rings. The van der Waals surface area contributed by atoms with Crippen LogP contribution >= 0.6 is 0 Å². The van der Waals surface area contributed by atoms with Crippen LogP contribution < -0.4 is 0 Å². The molecular weight excluding hydrogens is 678 g/mol. The topological polar surface area (TPSA) is 166 Å². The van der Waals surface area contributed by atoms with Crippen molar-refractivity contribution in [3.8, 4) is 0 Å². The lowest BCUT2D eigenvalue weighted by molar-refractivity contribution is -0.228. The quantitative estimate of drug-likeness (QED) is 0.0852. The molecule has 0 amide bonds. The van der Waals surface area contributed by atoms with Gasteiger partial charge < -0.3 is 39.8 Å². The number of rotatable bonds is 17. The van der Waals surface area contributed by atoms with Gasteiger partial charge in [-0.05, 0) is 57.6 Å². The summed E-state index contributed by atoms with van der Waals surface area (Å²) in [6.45, 7) is 14.3. The average molecular weight is 745 g/mol. The summed E-state index contributed by atoms with van der Waals surface area (Å²) in [5.74, 6) is -4.86. The van der Waals surface area contributed by atoms with Crippen LogP contribution in [0, 0.1) is 34.3 Å². The zero-order valence-corrected chi connectivity index (χ0v) is 33.5. The number of Topliss-reactive ketones (excluding diaryl/α,β-unsaturated/α-hetero) is 1. The Kier molecular flexibility index (Phi) is 12.2. The number of unbranched alkanes of at least 4 members (excludes halogenated alkanes) is 8. The van der Waals surface area contributed by atoms with E-state index in [0.717, 1.165) is 24.3 Å². The molecule has 0 aromatic carbocycles. The number of fused-ring (bicyclic) bond motifs is 5. The van der Waals surface area contributed by atoms with Crippen molar-refractivity contribution < 1.29 is 43.9 Å². The molecule has 1 heterocycles. The fourth-order valence-corrected chi connectivity index (χ4v) is 10.9. The molecule has 0 spiro atoms. The highest BCUT2D eigenvalue weighted by Crippen LogP contribution is 2.77. The fraction of sp³-hybridized carbons (Fsp3) is 0.833. The molecule has 300 valence electrons. The van der Waals surface area contributed by atoms with Gasteiger partial charge in [0.05, 0.1) is 18.8 Å². The van der Waals surface area contributed by atoms with E-state index in [1.54, 1.807) is 26.0 Å². The van der Waals surface area contributed by atoms with E-state index in [1.165, 1.54) is 45.4 Å². The molecule has 11 nitrogen and oxygen atoms in total. The van der Waals surface area contributed by atoms with Crippen LogP contribution in [0.15, 0.2) is 23.3 Å². The van der Waals surface area contributed by atoms with Gasteiger partial charge in [0.25, 0.3) is 0 Å². The van der Waals surface area contributed by atoms with Gasteiger partial charge in [0, 0.05) is 54.4 Å². The minimum Gasteiger partial charge on any atom is -0.783 e. The number of hydrogen-bond donors (Lipinski definition) is 3. The molecule has 9 atom stereocenters. The molecule has 0 aromatic rings. The third-order valence-electron chi connectivity index (χ3n) is 13.8. The third kappa shape index (κ3) is 7.09. The van der Waals surface area contributed by atoms with E-state index in [-0.39, 0.29) is 12.8 Å². The molecule has 1 aliphatic heterocycles. The SMILES string of the molecule is CCCCCCCCCCCC1(CCCC(=O)O[C@@H]2[C@@H](C)[C@@]3(O)[C@@H](C=C(CO)C[C@]4(O)C(=O)C(C)=C[C@@H]34)[C@@H]3C(C)(C)[C@]23OC(C)=O)OCC(C)(C)N1[O-]. The summed E-state index contributed by atoms with van der Waals surface area (Å²) >= 11 is 0. The Bertz CT molecular complexity index is 1450. The summed E-state index contributed by atoms with van der Waals surface area (Å²) in [5, 5.41) is 49.9. The number of nitrogens with zero attached hydrogens (tertiary/aromatic N) is 1. The highest BCUT2D eigenvalue weighted by atomic mass is 16.6. The summed E-state index contributed by atoms with van der Waals surface area (Å²) in [7, 11) is 0. The Balaban J connectivity index is 1.33. The van der Waals surface area contributed by atoms with Crippen LogP contribution in [0.4, 0.5) is 0 Å². The Morgan fingerprint density at radius 2 is 1.58 bits per heavy atom. The molecule has 5 rings (SSSR count). The monoisotopic (exact) mass is 744 g/mol. The van der Waals surface area contributed by atoms with Gasteiger partial charge in [-0.25, -0.2) is 0 Å². The van der Waals surface area contributed by atoms with Gasteiger partial charge in [0.2, 0.25) is 0 Å². The predicted octanol–water partition coefficient (Wildman–Crippen LogP) is 6.45. The largest absolute Gasteiger partial charge is 0.783 e. The van der Waals surface area contributed by atoms with Gasteiger partial charge in [-0.2, -0.15) is 0 Å². The van der Waals surface area contributed by atoms with Crippen molar-refractivity contribution in [2.45, 2.75) is 179 Å². The minimum atomic E-state index is -1.99. The van der Waals surface area contributed by atoms with Gasteiger partial charge >= 0.3 is 11.9 Å². The van der Waals surface area contributed by atoms with Gasteiger partial charge in [-0.3, -0.25) is 14.4 Å². The van der Waals surface area contributed by atoms with E-state index in [9.17, 15) is 34.9 Å². The van der Waals surface area contributed by atoms with Gasteiger partial charge in [0.15, 0.2) is 11.4 Å². The molecule has 1 saturated heterocycles. The first kappa shape index (κ1) is 42.0. The molecule has 0 bridgehead atoms. The highest BCUT2D eigenvalue weighted by molar-refractivity contribution is 6.04. The van der Waals surface area contributed by atoms with Gasteiger partial charge in [-0.1, -0.05) is 91.2 Å². The smallest absolute Gasteiger partial charge is 0.306 e. The van der Waals surface area contributed by atoms with Crippen LogP contribution in [0.5, 0.6) is 0 Å². The molecule has 2 saturated carbocycles. The number of hydroxylamine groups is 2. The van der Waals surface area contributed by atoms with E-state index in [0.29, 0.717) is 37.0 Å². The summed E-state index contributed by atoms with van der Waals surface area (Å²) in [5.41, 5.74) is -6.85. The van der Waals surface area contributed by atoms with Crippen LogP contribution in [0.1, 0.15) is 145 Å². The molecule has 4 aliphatic carbocycles. The standard InChI is InChI=1S/C42H66NO10/c1-9-10-11-12-13-14-15-16-17-20-39(43(50)37(5,6)26-51-39)21-18-19-33(46)52-36-28(3)41(49)31(34-38(7,8)42(34,36)53-29(4)45)23-30(25-44)24-40(48)32(41)22-27(2)35(40)47/h22-23,28,31-32,34,36,44,48-49H,9-21,24-26H2,1-8H3/q-1/t28-,31+,32-,34-,36-,39?,40-,41-,42-/m1/s1. The number of carbonyl (C=O) groups excluding carboxylic acids is 3. The zero-order valence-electron chi connectivity index (χ0n) is 33.5. The first-order chi connectivity index (χ1) is 24.8. The van der Waals surface area contributed by atoms with Crippen LogP contribution in [0.25, 0.3) is 0 Å². The lowest BCUT2D eigenvalue weighted by Gasteiger charge is -2.53. The van der Waals surface area contributed by atoms with Crippen molar-refractivity contribution >= 4 is 17.7 Å². The molecule has 0 aromatic heterocycles. The number of carbonyl (C=O) groups is 3. The molecular formula is C42H66NO10-. The van der Waals surface area contributed by atoms with Crippen molar-refractivity contribution in [1.29, 1.82) is 0 Å². The second-order valence-corrected chi connectivity index (χ2v) is 18.2. The van der Waals surface area contributed by atoms with Crippen molar-refractivity contribution in [1.82, 2.24) is 5.06 Å². The number of ketones is 1. The molecule has 53 heavy (non-hydrogen) atoms. The Morgan fingerprint density at radius 3 is 2.15 bits per heavy atom. The summed E-state index contributed by atoms with van der Waals surface area (Å²) in [6.07, 6.45) is 13.8. The Labute approximate surface area is 316 Å². The van der Waals surface area contributed by atoms with Crippen molar-refractivity contribution in [3.63, 3.8) is 0 Å². The van der Waals surface area contributed by atoms with Gasteiger partial charge in [0.1, 0.15) is 17.4 Å². The second-order valence-electron chi connectivity index (χ2n) is 18.2. The van der Waals surface area contributed by atoms with E-state index in [2.05, 4.69) is 6.92 Å². The molecule has 0 radical (unpaired) electrons. The second kappa shape index (κ2) is 15.4. The summed E-state index contributed by atoms with van der Waals surface area (Å²) < 4.78 is 18.7. The highest BCUT2D eigenvalue weighted by Gasteiger charge is 2.87. The van der Waals surface area contributed by atoms with E-state index in [1.807, 2.05) is 27.7 Å². The summed E-state index contributed by atoms with van der Waals surface area (Å²) in [4.78, 5) is 40.0. The first-order valence-corrected chi connectivity index (χ1v) is 20.3. The third-order valence-corrected chi connectivity index (χ3v) is 13.8. The maximum atomic E-state index is 13.9. The maximum Gasteiger partial charge on any atom is 0.306 e. The summed E-state index contributed by atoms with van der Waals surface area (Å²) in [6, 6.07) is 0. The number of hydrogen-bond acceptors (Lipinski definition) is 11. The zero-order chi connectivity index (χ0) is 39.2. The minimum absolute atomic E-state index is 0.0249. The molecule has 11 heteroatoms.